The molecule has 0 radical (unpaired) electrons. The number of rotatable bonds is 12. The molecule has 0 heterocycles. The van der Waals surface area contributed by atoms with Gasteiger partial charge in [0.2, 0.25) is 0 Å². The Balaban J connectivity index is 2.53. The highest BCUT2D eigenvalue weighted by Gasteiger charge is 2.35. The van der Waals surface area contributed by atoms with Gasteiger partial charge >= 0.3 is 0 Å². The number of unbranched alkanes of at least 4 members (excludes halogenated alkanes) is 4. The topological polar surface area (TPSA) is 9.23 Å². The molecule has 1 aromatic carbocycles. The lowest BCUT2D eigenvalue weighted by molar-refractivity contribution is 0.411. The highest BCUT2D eigenvalue weighted by Crippen LogP contribution is 2.35. The van der Waals surface area contributed by atoms with Crippen LogP contribution in [0.3, 0.4) is 0 Å². The fourth-order valence-corrected chi connectivity index (χ4v) is 8.20. The van der Waals surface area contributed by atoms with Gasteiger partial charge in [0, 0.05) is 0 Å². The second-order valence-corrected chi connectivity index (χ2v) is 14.0. The zero-order chi connectivity index (χ0) is 21.4. The molecular formula is C27H44OSi. The van der Waals surface area contributed by atoms with Crippen LogP contribution < -0.4 is 9.92 Å². The molecule has 2 rings (SSSR count). The third kappa shape index (κ3) is 5.87. The standard InChI is InChI=1S/C27H44OSi/c1-8-10-12-15-22-19-23(16-13-11-9-2)27(28-5)26(20-22)29(6,7)25-18-14-17-24(25)21(3)4/h14,17,19-21H,8-13,15-16,18H2,1-7H3. The van der Waals surface area contributed by atoms with Crippen molar-refractivity contribution in [2.45, 2.75) is 98.6 Å². The van der Waals surface area contributed by atoms with Gasteiger partial charge in [-0.1, -0.05) is 96.0 Å². The quantitative estimate of drug-likeness (QED) is 0.255. The van der Waals surface area contributed by atoms with Gasteiger partial charge < -0.3 is 4.74 Å². The van der Waals surface area contributed by atoms with Crippen molar-refractivity contribution in [2.24, 2.45) is 5.92 Å². The van der Waals surface area contributed by atoms with Crippen molar-refractivity contribution in [2.75, 3.05) is 7.11 Å². The van der Waals surface area contributed by atoms with Gasteiger partial charge in [-0.3, -0.25) is 0 Å². The van der Waals surface area contributed by atoms with Crippen LogP contribution in [0.25, 0.3) is 0 Å². The van der Waals surface area contributed by atoms with Crippen LogP contribution in [-0.4, -0.2) is 15.2 Å². The first-order valence-electron chi connectivity index (χ1n) is 12.0. The van der Waals surface area contributed by atoms with E-state index in [4.69, 9.17) is 4.74 Å². The van der Waals surface area contributed by atoms with Gasteiger partial charge in [-0.25, -0.2) is 0 Å². The summed E-state index contributed by atoms with van der Waals surface area (Å²) in [6.07, 6.45) is 15.9. The Morgan fingerprint density at radius 3 is 2.21 bits per heavy atom. The summed E-state index contributed by atoms with van der Waals surface area (Å²) in [7, 11) is 0.0795. The first-order chi connectivity index (χ1) is 13.9. The Kier molecular flexibility index (Phi) is 9.27. The van der Waals surface area contributed by atoms with Crippen molar-refractivity contribution in [1.82, 2.24) is 0 Å². The van der Waals surface area contributed by atoms with E-state index in [1.54, 1.807) is 10.8 Å². The summed E-state index contributed by atoms with van der Waals surface area (Å²) in [5.41, 5.74) is 4.55. The summed E-state index contributed by atoms with van der Waals surface area (Å²) in [5, 5.41) is 3.23. The minimum atomic E-state index is -1.80. The van der Waals surface area contributed by atoms with Gasteiger partial charge in [0.15, 0.2) is 0 Å². The molecule has 0 saturated heterocycles. The number of benzene rings is 1. The van der Waals surface area contributed by atoms with Gasteiger partial charge in [-0.2, -0.15) is 0 Å². The minimum absolute atomic E-state index is 0.596. The van der Waals surface area contributed by atoms with E-state index in [1.807, 2.05) is 7.11 Å². The molecule has 162 valence electrons. The molecule has 0 amide bonds. The number of hydrogen-bond acceptors (Lipinski definition) is 1. The molecule has 0 saturated carbocycles. The number of ether oxygens (including phenoxy) is 1. The predicted octanol–water partition coefficient (Wildman–Crippen LogP) is 7.53. The lowest BCUT2D eigenvalue weighted by Gasteiger charge is -2.31. The average molecular weight is 413 g/mol. The highest BCUT2D eigenvalue weighted by molar-refractivity contribution is 6.96. The maximum atomic E-state index is 6.12. The summed E-state index contributed by atoms with van der Waals surface area (Å²) < 4.78 is 6.12. The molecule has 0 N–H and O–H groups in total. The van der Waals surface area contributed by atoms with Crippen LogP contribution >= 0.6 is 0 Å². The fraction of sp³-hybridized carbons (Fsp3) is 0.630. The van der Waals surface area contributed by atoms with Crippen molar-refractivity contribution >= 4 is 13.3 Å². The normalized spacial score (nSPS) is 14.3. The zero-order valence-electron chi connectivity index (χ0n) is 20.2. The smallest absolute Gasteiger partial charge is 0.121 e. The van der Waals surface area contributed by atoms with Crippen molar-refractivity contribution in [3.8, 4) is 5.75 Å². The van der Waals surface area contributed by atoms with Crippen LogP contribution in [0.2, 0.25) is 13.1 Å². The van der Waals surface area contributed by atoms with Crippen LogP contribution in [-0.2, 0) is 12.8 Å². The van der Waals surface area contributed by atoms with Crippen molar-refractivity contribution < 1.29 is 4.74 Å². The molecular weight excluding hydrogens is 368 g/mol. The lowest BCUT2D eigenvalue weighted by Crippen LogP contribution is -2.45. The second-order valence-electron chi connectivity index (χ2n) is 9.57. The monoisotopic (exact) mass is 412 g/mol. The molecule has 1 nitrogen and oxygen atoms in total. The second kappa shape index (κ2) is 11.2. The Hall–Kier alpha value is -1.28. The van der Waals surface area contributed by atoms with Gasteiger partial charge in [-0.05, 0) is 59.9 Å². The van der Waals surface area contributed by atoms with E-state index in [2.05, 4.69) is 65.1 Å². The Bertz CT molecular complexity index is 724. The van der Waals surface area contributed by atoms with E-state index < -0.39 is 8.07 Å². The lowest BCUT2D eigenvalue weighted by atomic mass is 10.00. The third-order valence-corrected chi connectivity index (χ3v) is 10.3. The molecule has 29 heavy (non-hydrogen) atoms. The molecule has 1 aliphatic carbocycles. The SMILES string of the molecule is CCCCCc1cc(CCCCC)c(OC)c([Si](C)(C)C2=C(C(C)C)C=CC2)c1. The van der Waals surface area contributed by atoms with E-state index in [0.717, 1.165) is 12.8 Å². The Morgan fingerprint density at radius 2 is 1.62 bits per heavy atom. The van der Waals surface area contributed by atoms with Crippen LogP contribution in [0.15, 0.2) is 35.1 Å². The summed E-state index contributed by atoms with van der Waals surface area (Å²) in [6.45, 7) is 14.3. The van der Waals surface area contributed by atoms with E-state index in [-0.39, 0.29) is 0 Å². The summed E-state index contributed by atoms with van der Waals surface area (Å²) >= 11 is 0. The van der Waals surface area contributed by atoms with Gasteiger partial charge in [0.05, 0.1) is 7.11 Å². The highest BCUT2D eigenvalue weighted by atomic mass is 28.3. The molecule has 2 heteroatoms. The minimum Gasteiger partial charge on any atom is -0.497 e. The molecule has 0 bridgehead atoms. The van der Waals surface area contributed by atoms with Crippen molar-refractivity contribution in [3.05, 3.63) is 46.2 Å². The summed E-state index contributed by atoms with van der Waals surface area (Å²) in [5.74, 6) is 1.79. The summed E-state index contributed by atoms with van der Waals surface area (Å²) in [4.78, 5) is 0. The number of methoxy groups -OCH3 is 1. The Morgan fingerprint density at radius 1 is 0.966 bits per heavy atom. The van der Waals surface area contributed by atoms with E-state index >= 15 is 0 Å². The van der Waals surface area contributed by atoms with Crippen LogP contribution in [0.4, 0.5) is 0 Å². The van der Waals surface area contributed by atoms with Crippen LogP contribution in [0.5, 0.6) is 5.75 Å². The average Bonchev–Trinajstić information content (AvgIpc) is 3.19. The molecule has 1 aliphatic rings. The third-order valence-electron chi connectivity index (χ3n) is 6.57. The maximum absolute atomic E-state index is 6.12. The van der Waals surface area contributed by atoms with Crippen molar-refractivity contribution in [1.29, 1.82) is 0 Å². The molecule has 1 aromatic rings. The maximum Gasteiger partial charge on any atom is 0.121 e. The Labute approximate surface area is 181 Å². The molecule has 0 spiro atoms. The number of allylic oxidation sites excluding steroid dienone is 4. The summed E-state index contributed by atoms with van der Waals surface area (Å²) in [6, 6.07) is 4.98. The first-order valence-corrected chi connectivity index (χ1v) is 15.0. The van der Waals surface area contributed by atoms with E-state index in [0.29, 0.717) is 5.92 Å². The molecule has 0 aromatic heterocycles. The van der Waals surface area contributed by atoms with E-state index in [1.165, 1.54) is 67.0 Å². The van der Waals surface area contributed by atoms with E-state index in [9.17, 15) is 0 Å². The van der Waals surface area contributed by atoms with Crippen LogP contribution in [0.1, 0.15) is 83.8 Å². The first kappa shape index (κ1) is 24.0. The van der Waals surface area contributed by atoms with Crippen LogP contribution in [0, 0.1) is 5.92 Å². The molecule has 0 fully saturated rings. The van der Waals surface area contributed by atoms with Gasteiger partial charge in [0.1, 0.15) is 13.8 Å². The largest absolute Gasteiger partial charge is 0.497 e. The molecule has 0 atom stereocenters. The zero-order valence-corrected chi connectivity index (χ0v) is 21.2. The molecule has 0 unspecified atom stereocenters. The number of aryl methyl sites for hydroxylation is 2. The van der Waals surface area contributed by atoms with Gasteiger partial charge in [-0.15, -0.1) is 0 Å². The fourth-order valence-electron chi connectivity index (χ4n) is 4.78. The van der Waals surface area contributed by atoms with Gasteiger partial charge in [0.25, 0.3) is 0 Å². The number of hydrogen-bond donors (Lipinski definition) is 0. The molecule has 0 aliphatic heterocycles. The predicted molar refractivity (Wildman–Crippen MR) is 132 cm³/mol. The van der Waals surface area contributed by atoms with Crippen molar-refractivity contribution in [3.63, 3.8) is 0 Å².